The van der Waals surface area contributed by atoms with Gasteiger partial charge in [0.1, 0.15) is 5.75 Å². The molecule has 13 heavy (non-hydrogen) atoms. The molecule has 3 heteroatoms. The number of aliphatic hydroxyl groups excluding tert-OH is 1. The SMILES string of the molecule is COc1cccc2c(CO)csc12. The predicted molar refractivity (Wildman–Crippen MR) is 54.3 cm³/mol. The van der Waals surface area contributed by atoms with Crippen LogP contribution in [0, 0.1) is 0 Å². The number of ether oxygens (including phenoxy) is 1. The zero-order valence-corrected chi connectivity index (χ0v) is 8.10. The van der Waals surface area contributed by atoms with Crippen molar-refractivity contribution in [3.05, 3.63) is 29.1 Å². The summed E-state index contributed by atoms with van der Waals surface area (Å²) in [4.78, 5) is 0. The Morgan fingerprint density at radius 3 is 3.00 bits per heavy atom. The lowest BCUT2D eigenvalue weighted by atomic mass is 10.2. The average molecular weight is 194 g/mol. The normalized spacial score (nSPS) is 10.6. The smallest absolute Gasteiger partial charge is 0.136 e. The third-order valence-corrected chi connectivity index (χ3v) is 3.09. The van der Waals surface area contributed by atoms with Gasteiger partial charge < -0.3 is 9.84 Å². The second-order valence-corrected chi connectivity index (χ2v) is 3.64. The van der Waals surface area contributed by atoms with Crippen molar-refractivity contribution < 1.29 is 9.84 Å². The van der Waals surface area contributed by atoms with Crippen LogP contribution in [0.3, 0.4) is 0 Å². The molecule has 2 rings (SSSR count). The highest BCUT2D eigenvalue weighted by atomic mass is 32.1. The van der Waals surface area contributed by atoms with Gasteiger partial charge in [-0.3, -0.25) is 0 Å². The molecule has 0 aliphatic heterocycles. The topological polar surface area (TPSA) is 29.5 Å². The Morgan fingerprint density at radius 1 is 1.46 bits per heavy atom. The molecule has 1 aromatic carbocycles. The summed E-state index contributed by atoms with van der Waals surface area (Å²) in [5.41, 5.74) is 0.971. The van der Waals surface area contributed by atoms with Crippen molar-refractivity contribution in [3.63, 3.8) is 0 Å². The van der Waals surface area contributed by atoms with Crippen molar-refractivity contribution in [2.24, 2.45) is 0 Å². The Hall–Kier alpha value is -1.06. The van der Waals surface area contributed by atoms with Crippen molar-refractivity contribution in [1.82, 2.24) is 0 Å². The Balaban J connectivity index is 2.72. The summed E-state index contributed by atoms with van der Waals surface area (Å²) in [6.45, 7) is 0.0904. The van der Waals surface area contributed by atoms with Crippen LogP contribution in [0.1, 0.15) is 5.56 Å². The van der Waals surface area contributed by atoms with E-state index < -0.39 is 0 Å². The Kier molecular flexibility index (Phi) is 2.20. The maximum absolute atomic E-state index is 9.05. The summed E-state index contributed by atoms with van der Waals surface area (Å²) in [6.07, 6.45) is 0. The fourth-order valence-electron chi connectivity index (χ4n) is 1.37. The molecule has 0 amide bonds. The fraction of sp³-hybridized carbons (Fsp3) is 0.200. The Morgan fingerprint density at radius 2 is 2.31 bits per heavy atom. The zero-order chi connectivity index (χ0) is 9.26. The zero-order valence-electron chi connectivity index (χ0n) is 7.28. The van der Waals surface area contributed by atoms with Gasteiger partial charge in [-0.2, -0.15) is 0 Å². The number of rotatable bonds is 2. The maximum atomic E-state index is 9.05. The first-order chi connectivity index (χ1) is 6.36. The van der Waals surface area contributed by atoms with Gasteiger partial charge in [0.2, 0.25) is 0 Å². The van der Waals surface area contributed by atoms with Crippen molar-refractivity contribution in [1.29, 1.82) is 0 Å². The molecule has 0 bridgehead atoms. The van der Waals surface area contributed by atoms with Gasteiger partial charge in [0.05, 0.1) is 18.4 Å². The van der Waals surface area contributed by atoms with Crippen molar-refractivity contribution in [2.75, 3.05) is 7.11 Å². The first-order valence-corrected chi connectivity index (χ1v) is 4.88. The molecule has 0 unspecified atom stereocenters. The summed E-state index contributed by atoms with van der Waals surface area (Å²) in [5.74, 6) is 0.877. The van der Waals surface area contributed by atoms with Crippen LogP contribution in [0.4, 0.5) is 0 Å². The van der Waals surface area contributed by atoms with E-state index in [1.165, 1.54) is 0 Å². The Bertz CT molecular complexity index is 420. The molecule has 0 aliphatic rings. The van der Waals surface area contributed by atoms with Gasteiger partial charge in [-0.15, -0.1) is 11.3 Å². The van der Waals surface area contributed by atoms with Gasteiger partial charge in [-0.25, -0.2) is 0 Å². The third-order valence-electron chi connectivity index (χ3n) is 2.03. The molecule has 1 aromatic heterocycles. The first kappa shape index (κ1) is 8.53. The van der Waals surface area contributed by atoms with Crippen LogP contribution in [0.2, 0.25) is 0 Å². The van der Waals surface area contributed by atoms with Gasteiger partial charge >= 0.3 is 0 Å². The van der Waals surface area contributed by atoms with Crippen molar-refractivity contribution in [2.45, 2.75) is 6.61 Å². The number of benzene rings is 1. The van der Waals surface area contributed by atoms with Crippen molar-refractivity contribution >= 4 is 21.4 Å². The molecule has 0 saturated heterocycles. The Labute approximate surface area is 80.4 Å². The molecule has 0 atom stereocenters. The highest BCUT2D eigenvalue weighted by Gasteiger charge is 2.06. The standard InChI is InChI=1S/C10H10O2S/c1-12-9-4-2-3-8-7(5-11)6-13-10(8)9/h2-4,6,11H,5H2,1H3. The number of thiophene rings is 1. The predicted octanol–water partition coefficient (Wildman–Crippen LogP) is 2.40. The van der Waals surface area contributed by atoms with E-state index in [0.717, 1.165) is 21.4 Å². The molecule has 0 radical (unpaired) electrons. The van der Waals surface area contributed by atoms with E-state index in [1.54, 1.807) is 18.4 Å². The molecular formula is C10H10O2S. The molecule has 0 aliphatic carbocycles. The average Bonchev–Trinajstić information content (AvgIpc) is 2.60. The summed E-state index contributed by atoms with van der Waals surface area (Å²) < 4.78 is 6.32. The van der Waals surface area contributed by atoms with E-state index >= 15 is 0 Å². The second kappa shape index (κ2) is 3.36. The molecular weight excluding hydrogens is 184 g/mol. The van der Waals surface area contributed by atoms with Crippen LogP contribution in [-0.4, -0.2) is 12.2 Å². The van der Waals surface area contributed by atoms with Gasteiger partial charge in [0.15, 0.2) is 0 Å². The number of hydrogen-bond donors (Lipinski definition) is 1. The number of fused-ring (bicyclic) bond motifs is 1. The fourth-order valence-corrected chi connectivity index (χ4v) is 2.42. The summed E-state index contributed by atoms with van der Waals surface area (Å²) in [5, 5.41) is 12.1. The molecule has 1 heterocycles. The largest absolute Gasteiger partial charge is 0.495 e. The number of methoxy groups -OCH3 is 1. The van der Waals surface area contributed by atoms with Crippen LogP contribution >= 0.6 is 11.3 Å². The lowest BCUT2D eigenvalue weighted by Gasteiger charge is -2.00. The van der Waals surface area contributed by atoms with Crippen LogP contribution < -0.4 is 4.74 Å². The highest BCUT2D eigenvalue weighted by Crippen LogP contribution is 2.33. The molecule has 0 fully saturated rings. The molecule has 0 spiro atoms. The van der Waals surface area contributed by atoms with E-state index in [0.29, 0.717) is 0 Å². The summed E-state index contributed by atoms with van der Waals surface area (Å²) >= 11 is 1.60. The van der Waals surface area contributed by atoms with Crippen LogP contribution in [0.15, 0.2) is 23.6 Å². The van der Waals surface area contributed by atoms with E-state index in [2.05, 4.69) is 0 Å². The van der Waals surface area contributed by atoms with E-state index in [9.17, 15) is 0 Å². The van der Waals surface area contributed by atoms with Gasteiger partial charge in [-0.1, -0.05) is 12.1 Å². The van der Waals surface area contributed by atoms with Gasteiger partial charge in [0, 0.05) is 5.39 Å². The monoisotopic (exact) mass is 194 g/mol. The molecule has 1 N–H and O–H groups in total. The molecule has 2 nitrogen and oxygen atoms in total. The van der Waals surface area contributed by atoms with Gasteiger partial charge in [0.25, 0.3) is 0 Å². The number of hydrogen-bond acceptors (Lipinski definition) is 3. The quantitative estimate of drug-likeness (QED) is 0.795. The van der Waals surface area contributed by atoms with Gasteiger partial charge in [-0.05, 0) is 17.0 Å². The maximum Gasteiger partial charge on any atom is 0.136 e. The van der Waals surface area contributed by atoms with Crippen LogP contribution in [-0.2, 0) is 6.61 Å². The van der Waals surface area contributed by atoms with E-state index in [-0.39, 0.29) is 6.61 Å². The van der Waals surface area contributed by atoms with Crippen LogP contribution in [0.25, 0.3) is 10.1 Å². The minimum atomic E-state index is 0.0904. The summed E-state index contributed by atoms with van der Waals surface area (Å²) in [6, 6.07) is 5.87. The number of aliphatic hydroxyl groups is 1. The molecule has 68 valence electrons. The summed E-state index contributed by atoms with van der Waals surface area (Å²) in [7, 11) is 1.66. The highest BCUT2D eigenvalue weighted by molar-refractivity contribution is 7.17. The van der Waals surface area contributed by atoms with E-state index in [1.807, 2.05) is 23.6 Å². The van der Waals surface area contributed by atoms with Crippen LogP contribution in [0.5, 0.6) is 5.75 Å². The second-order valence-electron chi connectivity index (χ2n) is 2.76. The lowest BCUT2D eigenvalue weighted by Crippen LogP contribution is -1.83. The first-order valence-electron chi connectivity index (χ1n) is 4.00. The minimum absolute atomic E-state index is 0.0904. The van der Waals surface area contributed by atoms with Crippen molar-refractivity contribution in [3.8, 4) is 5.75 Å². The third kappa shape index (κ3) is 1.30. The molecule has 2 aromatic rings. The lowest BCUT2D eigenvalue weighted by molar-refractivity contribution is 0.284. The molecule has 0 saturated carbocycles. The minimum Gasteiger partial charge on any atom is -0.495 e. The van der Waals surface area contributed by atoms with E-state index in [4.69, 9.17) is 9.84 Å².